The fourth-order valence-electron chi connectivity index (χ4n) is 3.29. The van der Waals surface area contributed by atoms with Crippen molar-refractivity contribution in [3.8, 4) is 11.5 Å². The van der Waals surface area contributed by atoms with Crippen LogP contribution in [0.2, 0.25) is 0 Å². The summed E-state index contributed by atoms with van der Waals surface area (Å²) in [5.41, 5.74) is 1.34. The van der Waals surface area contributed by atoms with E-state index in [1.54, 1.807) is 24.3 Å². The first-order valence-corrected chi connectivity index (χ1v) is 11.8. The van der Waals surface area contributed by atoms with E-state index in [-0.39, 0.29) is 16.2 Å². The molecule has 0 bridgehead atoms. The maximum absolute atomic E-state index is 12.6. The lowest BCUT2D eigenvalue weighted by Crippen LogP contribution is -2.25. The van der Waals surface area contributed by atoms with Crippen LogP contribution in [-0.2, 0) is 16.4 Å². The first-order chi connectivity index (χ1) is 14.8. The van der Waals surface area contributed by atoms with Gasteiger partial charge in [0.15, 0.2) is 15.6 Å². The molecule has 7 heteroatoms. The molecule has 0 unspecified atom stereocenters. The van der Waals surface area contributed by atoms with Gasteiger partial charge in [0.2, 0.25) is 0 Å². The maximum atomic E-state index is 12.6. The summed E-state index contributed by atoms with van der Waals surface area (Å²) < 4.78 is 31.3. The van der Waals surface area contributed by atoms with Crippen molar-refractivity contribution in [3.05, 3.63) is 83.9 Å². The van der Waals surface area contributed by atoms with Gasteiger partial charge in [-0.3, -0.25) is 0 Å². The molecule has 0 aliphatic carbocycles. The maximum Gasteiger partial charge on any atom is 0.335 e. The molecule has 0 saturated carbocycles. The Kier molecular flexibility index (Phi) is 6.97. The molecule has 3 aromatic rings. The van der Waals surface area contributed by atoms with Gasteiger partial charge in [-0.25, -0.2) is 13.2 Å². The van der Waals surface area contributed by atoms with E-state index in [1.165, 1.54) is 6.07 Å². The van der Waals surface area contributed by atoms with Crippen LogP contribution in [0, 0.1) is 0 Å². The third-order valence-corrected chi connectivity index (χ3v) is 5.80. The summed E-state index contributed by atoms with van der Waals surface area (Å²) in [5, 5.41) is 9.63. The number of nitrogens with zero attached hydrogens (tertiary/aromatic N) is 1. The van der Waals surface area contributed by atoms with Crippen molar-refractivity contribution < 1.29 is 23.1 Å². The van der Waals surface area contributed by atoms with E-state index in [0.29, 0.717) is 24.5 Å². The number of anilines is 1. The molecule has 31 heavy (non-hydrogen) atoms. The molecule has 0 radical (unpaired) electrons. The average molecular weight is 440 g/mol. The predicted octanol–water partition coefficient (Wildman–Crippen LogP) is 5.00. The molecular weight excluding hydrogens is 414 g/mol. The van der Waals surface area contributed by atoms with Crippen molar-refractivity contribution in [3.63, 3.8) is 0 Å². The van der Waals surface area contributed by atoms with Crippen molar-refractivity contribution in [2.75, 3.05) is 17.7 Å². The number of para-hydroxylation sites is 1. The zero-order valence-electron chi connectivity index (χ0n) is 17.5. The van der Waals surface area contributed by atoms with E-state index < -0.39 is 15.8 Å². The Morgan fingerprint density at radius 3 is 2.16 bits per heavy atom. The number of ether oxygens (including phenoxy) is 1. The average Bonchev–Trinajstić information content (AvgIpc) is 2.74. The highest BCUT2D eigenvalue weighted by molar-refractivity contribution is 7.90. The molecule has 0 fully saturated rings. The van der Waals surface area contributed by atoms with Crippen LogP contribution in [-0.4, -0.2) is 32.3 Å². The van der Waals surface area contributed by atoms with Gasteiger partial charge in [-0.1, -0.05) is 55.5 Å². The number of hydrogen-bond donors (Lipinski definition) is 1. The fraction of sp³-hybridized carbons (Fsp3) is 0.208. The van der Waals surface area contributed by atoms with E-state index in [4.69, 9.17) is 4.74 Å². The smallest absolute Gasteiger partial charge is 0.335 e. The molecule has 0 aromatic heterocycles. The normalized spacial score (nSPS) is 11.2. The summed E-state index contributed by atoms with van der Waals surface area (Å²) in [6, 6.07) is 21.2. The molecule has 0 atom stereocenters. The van der Waals surface area contributed by atoms with Gasteiger partial charge in [-0.05, 0) is 36.2 Å². The van der Waals surface area contributed by atoms with E-state index in [2.05, 4.69) is 0 Å². The molecule has 3 aromatic carbocycles. The Balaban J connectivity index is 2.23. The second-order valence-corrected chi connectivity index (χ2v) is 9.21. The lowest BCUT2D eigenvalue weighted by molar-refractivity contribution is 0.0696. The lowest BCUT2D eigenvalue weighted by atomic mass is 10.1. The Hall–Kier alpha value is -3.32. The Morgan fingerprint density at radius 2 is 1.61 bits per heavy atom. The molecule has 6 nitrogen and oxygen atoms in total. The highest BCUT2D eigenvalue weighted by atomic mass is 32.2. The van der Waals surface area contributed by atoms with Gasteiger partial charge in [0.1, 0.15) is 10.6 Å². The van der Waals surface area contributed by atoms with Crippen molar-refractivity contribution in [1.29, 1.82) is 0 Å². The monoisotopic (exact) mass is 439 g/mol. The number of carbonyl (C=O) groups is 1. The molecular formula is C24H25NO5S. The minimum Gasteiger partial charge on any atom is -0.478 e. The number of sulfone groups is 1. The first-order valence-electron chi connectivity index (χ1n) is 9.92. The van der Waals surface area contributed by atoms with Gasteiger partial charge >= 0.3 is 5.97 Å². The molecule has 0 amide bonds. The minimum absolute atomic E-state index is 0.106. The van der Waals surface area contributed by atoms with Crippen molar-refractivity contribution in [1.82, 2.24) is 0 Å². The summed E-state index contributed by atoms with van der Waals surface area (Å²) in [7, 11) is -3.77. The number of aromatic carboxylic acids is 1. The number of rotatable bonds is 9. The predicted molar refractivity (Wildman–Crippen MR) is 121 cm³/mol. The Bertz CT molecular complexity index is 1150. The SMILES string of the molecule is CCCN(Cc1ccccc1)c1cc(C(=O)O)cc(S(C)(=O)=O)c1Oc1ccccc1. The Morgan fingerprint density at radius 1 is 1.00 bits per heavy atom. The number of hydrogen-bond acceptors (Lipinski definition) is 5. The molecule has 3 rings (SSSR count). The van der Waals surface area contributed by atoms with Crippen LogP contribution >= 0.6 is 0 Å². The van der Waals surface area contributed by atoms with Crippen LogP contribution in [0.15, 0.2) is 77.7 Å². The van der Waals surface area contributed by atoms with Crippen molar-refractivity contribution in [2.24, 2.45) is 0 Å². The van der Waals surface area contributed by atoms with Crippen molar-refractivity contribution in [2.45, 2.75) is 24.8 Å². The minimum atomic E-state index is -3.77. The van der Waals surface area contributed by atoms with Crippen LogP contribution in [0.3, 0.4) is 0 Å². The molecule has 0 saturated heterocycles. The van der Waals surface area contributed by atoms with Gasteiger partial charge in [0, 0.05) is 19.3 Å². The van der Waals surface area contributed by atoms with E-state index in [0.717, 1.165) is 24.3 Å². The molecule has 162 valence electrons. The van der Waals surface area contributed by atoms with E-state index >= 15 is 0 Å². The fourth-order valence-corrected chi connectivity index (χ4v) is 4.11. The second-order valence-electron chi connectivity index (χ2n) is 7.22. The van der Waals surface area contributed by atoms with Crippen LogP contribution < -0.4 is 9.64 Å². The lowest BCUT2D eigenvalue weighted by Gasteiger charge is -2.28. The second kappa shape index (κ2) is 9.66. The molecule has 1 N–H and O–H groups in total. The Labute approximate surface area is 182 Å². The third kappa shape index (κ3) is 5.64. The van der Waals surface area contributed by atoms with Crippen LogP contribution in [0.25, 0.3) is 0 Å². The van der Waals surface area contributed by atoms with Gasteiger partial charge < -0.3 is 14.7 Å². The highest BCUT2D eigenvalue weighted by Gasteiger charge is 2.25. The summed E-state index contributed by atoms with van der Waals surface area (Å²) in [5.74, 6) is -0.607. The van der Waals surface area contributed by atoms with Crippen LogP contribution in [0.5, 0.6) is 11.5 Å². The third-order valence-electron chi connectivity index (χ3n) is 4.70. The largest absolute Gasteiger partial charge is 0.478 e. The molecule has 0 heterocycles. The summed E-state index contributed by atoms with van der Waals surface area (Å²) in [6.07, 6.45) is 1.83. The number of carboxylic acid groups (broad SMARTS) is 1. The molecule has 0 spiro atoms. The van der Waals surface area contributed by atoms with Crippen molar-refractivity contribution >= 4 is 21.5 Å². The zero-order chi connectivity index (χ0) is 22.4. The summed E-state index contributed by atoms with van der Waals surface area (Å²) in [6.45, 7) is 3.08. The number of benzene rings is 3. The van der Waals surface area contributed by atoms with Gasteiger partial charge in [-0.15, -0.1) is 0 Å². The van der Waals surface area contributed by atoms with Crippen LogP contribution in [0.1, 0.15) is 29.3 Å². The number of carboxylic acids is 1. The zero-order valence-corrected chi connectivity index (χ0v) is 18.3. The topological polar surface area (TPSA) is 83.9 Å². The van der Waals surface area contributed by atoms with Gasteiger partial charge in [0.05, 0.1) is 11.3 Å². The quantitative estimate of drug-likeness (QED) is 0.505. The molecule has 0 aliphatic heterocycles. The van der Waals surface area contributed by atoms with E-state index in [9.17, 15) is 18.3 Å². The highest BCUT2D eigenvalue weighted by Crippen LogP contribution is 2.40. The molecule has 0 aliphatic rings. The van der Waals surface area contributed by atoms with Gasteiger partial charge in [-0.2, -0.15) is 0 Å². The standard InChI is InChI=1S/C24H25NO5S/c1-3-14-25(17-18-10-6-4-7-11-18)21-15-19(24(26)27)16-22(31(2,28)29)23(21)30-20-12-8-5-9-13-20/h4-13,15-16H,3,14,17H2,1-2H3,(H,26,27). The van der Waals surface area contributed by atoms with E-state index in [1.807, 2.05) is 48.2 Å². The van der Waals surface area contributed by atoms with Gasteiger partial charge in [0.25, 0.3) is 0 Å². The first kappa shape index (κ1) is 22.4. The summed E-state index contributed by atoms with van der Waals surface area (Å²) in [4.78, 5) is 13.6. The van der Waals surface area contributed by atoms with Crippen LogP contribution in [0.4, 0.5) is 5.69 Å². The summed E-state index contributed by atoms with van der Waals surface area (Å²) >= 11 is 0.